The predicted molar refractivity (Wildman–Crippen MR) is 60.6 cm³/mol. The molecule has 1 N–H and O–H groups in total. The highest BCUT2D eigenvalue weighted by molar-refractivity contribution is 5.62. The zero-order valence-corrected chi connectivity index (χ0v) is 8.96. The van der Waals surface area contributed by atoms with Gasteiger partial charge in [-0.25, -0.2) is 0 Å². The molecule has 0 unspecified atom stereocenters. The number of nitriles is 1. The van der Waals surface area contributed by atoms with Crippen LogP contribution < -0.4 is 5.32 Å². The summed E-state index contributed by atoms with van der Waals surface area (Å²) >= 11 is 0. The standard InChI is InChI=1S/C10H10N2.C2H6/c1-8(12-2)10-5-3-4-9(6-10)7-11;1-2/h3-6,12H,1H2,2H3;1-2H3. The molecule has 14 heavy (non-hydrogen) atoms. The van der Waals surface area contributed by atoms with Crippen molar-refractivity contribution in [3.63, 3.8) is 0 Å². The molecule has 0 bridgehead atoms. The van der Waals surface area contributed by atoms with Gasteiger partial charge >= 0.3 is 0 Å². The van der Waals surface area contributed by atoms with E-state index in [0.29, 0.717) is 5.56 Å². The third kappa shape index (κ3) is 3.32. The molecule has 1 rings (SSSR count). The third-order valence-corrected chi connectivity index (χ3v) is 1.64. The number of hydrogen-bond donors (Lipinski definition) is 1. The molecular weight excluding hydrogens is 172 g/mol. The second kappa shape index (κ2) is 6.73. The van der Waals surface area contributed by atoms with E-state index in [2.05, 4.69) is 18.0 Å². The van der Waals surface area contributed by atoms with Gasteiger partial charge in [-0.2, -0.15) is 5.26 Å². The Bertz CT molecular complexity index is 334. The monoisotopic (exact) mass is 188 g/mol. The average molecular weight is 188 g/mol. The molecule has 0 aliphatic heterocycles. The van der Waals surface area contributed by atoms with Crippen LogP contribution in [0.4, 0.5) is 0 Å². The van der Waals surface area contributed by atoms with Crippen molar-refractivity contribution in [1.29, 1.82) is 5.26 Å². The first-order valence-electron chi connectivity index (χ1n) is 4.65. The van der Waals surface area contributed by atoms with E-state index in [1.807, 2.05) is 26.0 Å². The lowest BCUT2D eigenvalue weighted by molar-refractivity contribution is 1.13. The molecule has 1 aromatic carbocycles. The molecule has 0 aliphatic carbocycles. The maximum atomic E-state index is 8.62. The smallest absolute Gasteiger partial charge is 0.0991 e. The highest BCUT2D eigenvalue weighted by atomic mass is 14.8. The number of nitrogens with zero attached hydrogens (tertiary/aromatic N) is 1. The Balaban J connectivity index is 0.000000791. The Kier molecular flexibility index (Phi) is 5.89. The lowest BCUT2D eigenvalue weighted by atomic mass is 10.1. The third-order valence-electron chi connectivity index (χ3n) is 1.64. The first-order valence-corrected chi connectivity index (χ1v) is 4.65. The normalized spacial score (nSPS) is 7.86. The van der Waals surface area contributed by atoms with E-state index in [0.717, 1.165) is 11.3 Å². The fourth-order valence-corrected chi connectivity index (χ4v) is 0.921. The van der Waals surface area contributed by atoms with Gasteiger partial charge in [-0.1, -0.05) is 32.6 Å². The van der Waals surface area contributed by atoms with Crippen LogP contribution in [-0.4, -0.2) is 7.05 Å². The molecule has 0 fully saturated rings. The van der Waals surface area contributed by atoms with Crippen LogP contribution in [0.1, 0.15) is 25.0 Å². The minimum Gasteiger partial charge on any atom is -0.388 e. The lowest BCUT2D eigenvalue weighted by Gasteiger charge is -2.03. The van der Waals surface area contributed by atoms with Crippen LogP contribution in [-0.2, 0) is 0 Å². The second-order valence-corrected chi connectivity index (χ2v) is 2.42. The molecular formula is C12H16N2. The topological polar surface area (TPSA) is 35.8 Å². The molecule has 0 aromatic heterocycles. The molecule has 0 heterocycles. The zero-order valence-electron chi connectivity index (χ0n) is 8.96. The number of rotatable bonds is 2. The summed E-state index contributed by atoms with van der Waals surface area (Å²) in [5.41, 5.74) is 2.44. The van der Waals surface area contributed by atoms with Crippen molar-refractivity contribution in [3.05, 3.63) is 42.0 Å². The fraction of sp³-hybridized carbons (Fsp3) is 0.250. The molecule has 74 valence electrons. The summed E-state index contributed by atoms with van der Waals surface area (Å²) in [7, 11) is 1.81. The number of nitrogens with one attached hydrogen (secondary N) is 1. The van der Waals surface area contributed by atoms with Crippen molar-refractivity contribution in [2.75, 3.05) is 7.05 Å². The molecule has 1 aromatic rings. The molecule has 0 atom stereocenters. The largest absolute Gasteiger partial charge is 0.388 e. The number of hydrogen-bond acceptors (Lipinski definition) is 2. The van der Waals surface area contributed by atoms with Gasteiger partial charge in [0.1, 0.15) is 0 Å². The van der Waals surface area contributed by atoms with Crippen molar-refractivity contribution in [1.82, 2.24) is 5.32 Å². The molecule has 0 spiro atoms. The van der Waals surface area contributed by atoms with Gasteiger partial charge in [0, 0.05) is 12.7 Å². The Hall–Kier alpha value is -1.75. The minimum absolute atomic E-state index is 0.656. The summed E-state index contributed by atoms with van der Waals surface area (Å²) in [5.74, 6) is 0. The van der Waals surface area contributed by atoms with Crippen LogP contribution in [0.15, 0.2) is 30.8 Å². The van der Waals surface area contributed by atoms with Gasteiger partial charge < -0.3 is 5.32 Å². The van der Waals surface area contributed by atoms with E-state index in [1.54, 1.807) is 19.2 Å². The minimum atomic E-state index is 0.656. The van der Waals surface area contributed by atoms with Crippen molar-refractivity contribution < 1.29 is 0 Å². The molecule has 0 amide bonds. The lowest BCUT2D eigenvalue weighted by Crippen LogP contribution is -2.02. The molecule has 0 saturated carbocycles. The quantitative estimate of drug-likeness (QED) is 0.774. The molecule has 0 aliphatic rings. The van der Waals surface area contributed by atoms with Gasteiger partial charge in [-0.15, -0.1) is 0 Å². The molecule has 2 heteroatoms. The van der Waals surface area contributed by atoms with Crippen molar-refractivity contribution in [3.8, 4) is 6.07 Å². The van der Waals surface area contributed by atoms with Crippen LogP contribution in [0.5, 0.6) is 0 Å². The Morgan fingerprint density at radius 3 is 2.57 bits per heavy atom. The Labute approximate surface area is 85.9 Å². The highest BCUT2D eigenvalue weighted by Gasteiger charge is 1.96. The van der Waals surface area contributed by atoms with Gasteiger partial charge in [0.15, 0.2) is 0 Å². The van der Waals surface area contributed by atoms with Gasteiger partial charge in [-0.05, 0) is 17.7 Å². The SMILES string of the molecule is C=C(NC)c1cccc(C#N)c1.CC. The fourth-order valence-electron chi connectivity index (χ4n) is 0.921. The van der Waals surface area contributed by atoms with Crippen molar-refractivity contribution in [2.24, 2.45) is 0 Å². The van der Waals surface area contributed by atoms with E-state index < -0.39 is 0 Å². The summed E-state index contributed by atoms with van der Waals surface area (Å²) in [4.78, 5) is 0. The first-order chi connectivity index (χ1) is 6.77. The summed E-state index contributed by atoms with van der Waals surface area (Å²) < 4.78 is 0. The molecule has 2 nitrogen and oxygen atoms in total. The maximum Gasteiger partial charge on any atom is 0.0991 e. The van der Waals surface area contributed by atoms with E-state index >= 15 is 0 Å². The number of benzene rings is 1. The Morgan fingerprint density at radius 2 is 2.07 bits per heavy atom. The van der Waals surface area contributed by atoms with E-state index in [9.17, 15) is 0 Å². The van der Waals surface area contributed by atoms with Crippen molar-refractivity contribution >= 4 is 5.70 Å². The van der Waals surface area contributed by atoms with Crippen LogP contribution >= 0.6 is 0 Å². The summed E-state index contributed by atoms with van der Waals surface area (Å²) in [5, 5.41) is 11.5. The van der Waals surface area contributed by atoms with Crippen LogP contribution in [0.2, 0.25) is 0 Å². The van der Waals surface area contributed by atoms with Gasteiger partial charge in [0.05, 0.1) is 11.6 Å². The Morgan fingerprint density at radius 1 is 1.43 bits per heavy atom. The van der Waals surface area contributed by atoms with Gasteiger partial charge in [-0.3, -0.25) is 0 Å². The summed E-state index contributed by atoms with van der Waals surface area (Å²) in [6.07, 6.45) is 0. The molecule has 0 radical (unpaired) electrons. The first kappa shape index (κ1) is 12.2. The zero-order chi connectivity index (χ0) is 11.0. The summed E-state index contributed by atoms with van der Waals surface area (Å²) in [6.45, 7) is 7.80. The van der Waals surface area contributed by atoms with Crippen molar-refractivity contribution in [2.45, 2.75) is 13.8 Å². The van der Waals surface area contributed by atoms with E-state index in [4.69, 9.17) is 5.26 Å². The van der Waals surface area contributed by atoms with E-state index in [-0.39, 0.29) is 0 Å². The highest BCUT2D eigenvalue weighted by Crippen LogP contribution is 2.10. The second-order valence-electron chi connectivity index (χ2n) is 2.42. The van der Waals surface area contributed by atoms with E-state index in [1.165, 1.54) is 0 Å². The summed E-state index contributed by atoms with van der Waals surface area (Å²) in [6, 6.07) is 9.41. The van der Waals surface area contributed by atoms with Crippen LogP contribution in [0, 0.1) is 11.3 Å². The predicted octanol–water partition coefficient (Wildman–Crippen LogP) is 2.77. The van der Waals surface area contributed by atoms with Gasteiger partial charge in [0.25, 0.3) is 0 Å². The maximum absolute atomic E-state index is 8.62. The van der Waals surface area contributed by atoms with Gasteiger partial charge in [0.2, 0.25) is 0 Å². The average Bonchev–Trinajstić information content (AvgIpc) is 2.30. The van der Waals surface area contributed by atoms with Crippen LogP contribution in [0.25, 0.3) is 5.70 Å². The molecule has 0 saturated heterocycles. The van der Waals surface area contributed by atoms with Crippen LogP contribution in [0.3, 0.4) is 0 Å².